The highest BCUT2D eigenvalue weighted by molar-refractivity contribution is 5.33. The minimum atomic E-state index is 0.426. The molecule has 0 saturated carbocycles. The van der Waals surface area contributed by atoms with E-state index in [0.717, 1.165) is 18.1 Å². The van der Waals surface area contributed by atoms with Crippen LogP contribution in [0, 0.1) is 6.92 Å². The van der Waals surface area contributed by atoms with Crippen molar-refractivity contribution in [2.75, 3.05) is 25.0 Å². The summed E-state index contributed by atoms with van der Waals surface area (Å²) in [7, 11) is 0. The molecule has 88 valence electrons. The van der Waals surface area contributed by atoms with E-state index in [1.165, 1.54) is 25.9 Å². The number of rotatable bonds is 4. The summed E-state index contributed by atoms with van der Waals surface area (Å²) in [6, 6.07) is 4.40. The number of aromatic nitrogens is 2. The minimum absolute atomic E-state index is 0.426. The van der Waals surface area contributed by atoms with Crippen molar-refractivity contribution in [1.82, 2.24) is 15.1 Å². The van der Waals surface area contributed by atoms with Crippen LogP contribution in [0.5, 0.6) is 0 Å². The smallest absolute Gasteiger partial charge is 0.148 e. The molecular weight excluding hydrogens is 200 g/mol. The van der Waals surface area contributed by atoms with Crippen molar-refractivity contribution in [3.05, 3.63) is 17.8 Å². The van der Waals surface area contributed by atoms with Gasteiger partial charge in [0.25, 0.3) is 0 Å². The SMILES string of the molecule is Cc1ccc(NC(C)CN2CCCC2)nn1. The quantitative estimate of drug-likeness (QED) is 0.838. The number of aryl methyl sites for hydroxylation is 1. The molecule has 1 aromatic rings. The lowest BCUT2D eigenvalue weighted by Crippen LogP contribution is -2.33. The van der Waals surface area contributed by atoms with Crippen molar-refractivity contribution in [2.24, 2.45) is 0 Å². The Hall–Kier alpha value is -1.16. The molecule has 2 rings (SSSR count). The molecule has 2 heterocycles. The van der Waals surface area contributed by atoms with Gasteiger partial charge in [0.05, 0.1) is 5.69 Å². The van der Waals surface area contributed by atoms with Crippen molar-refractivity contribution >= 4 is 5.82 Å². The molecule has 4 heteroatoms. The van der Waals surface area contributed by atoms with Gasteiger partial charge >= 0.3 is 0 Å². The topological polar surface area (TPSA) is 41.0 Å². The molecule has 1 aromatic heterocycles. The Bertz CT molecular complexity index is 316. The molecule has 1 aliphatic heterocycles. The summed E-state index contributed by atoms with van der Waals surface area (Å²) in [6.45, 7) is 7.72. The minimum Gasteiger partial charge on any atom is -0.365 e. The zero-order chi connectivity index (χ0) is 11.4. The molecule has 1 saturated heterocycles. The van der Waals surface area contributed by atoms with Crippen LogP contribution in [0.3, 0.4) is 0 Å². The number of nitrogens with zero attached hydrogens (tertiary/aromatic N) is 3. The summed E-state index contributed by atoms with van der Waals surface area (Å²) in [5, 5.41) is 11.5. The largest absolute Gasteiger partial charge is 0.365 e. The maximum Gasteiger partial charge on any atom is 0.148 e. The highest BCUT2D eigenvalue weighted by atomic mass is 15.2. The molecule has 0 aliphatic carbocycles. The standard InChI is InChI=1S/C12H20N4/c1-10-5-6-12(15-14-10)13-11(2)9-16-7-3-4-8-16/h5-6,11H,3-4,7-9H2,1-2H3,(H,13,15). The third-order valence-electron chi connectivity index (χ3n) is 2.92. The van der Waals surface area contributed by atoms with Crippen LogP contribution in [-0.2, 0) is 0 Å². The summed E-state index contributed by atoms with van der Waals surface area (Å²) in [5.74, 6) is 0.872. The van der Waals surface area contributed by atoms with E-state index in [4.69, 9.17) is 0 Å². The molecule has 0 radical (unpaired) electrons. The fraction of sp³-hybridized carbons (Fsp3) is 0.667. The Kier molecular flexibility index (Phi) is 3.72. The highest BCUT2D eigenvalue weighted by Gasteiger charge is 2.14. The van der Waals surface area contributed by atoms with Crippen LogP contribution in [0.25, 0.3) is 0 Å². The summed E-state index contributed by atoms with van der Waals surface area (Å²) >= 11 is 0. The first kappa shape index (κ1) is 11.3. The summed E-state index contributed by atoms with van der Waals surface area (Å²) in [5.41, 5.74) is 0.956. The molecule has 0 aromatic carbocycles. The monoisotopic (exact) mass is 220 g/mol. The van der Waals surface area contributed by atoms with Gasteiger partial charge in [-0.15, -0.1) is 5.10 Å². The molecule has 1 fully saturated rings. The molecule has 4 nitrogen and oxygen atoms in total. The van der Waals surface area contributed by atoms with Gasteiger partial charge in [-0.1, -0.05) is 0 Å². The van der Waals surface area contributed by atoms with Crippen LogP contribution in [-0.4, -0.2) is 40.8 Å². The van der Waals surface area contributed by atoms with Crippen molar-refractivity contribution in [1.29, 1.82) is 0 Å². The maximum atomic E-state index is 4.11. The number of hydrogen-bond donors (Lipinski definition) is 1. The van der Waals surface area contributed by atoms with Crippen LogP contribution in [0.1, 0.15) is 25.5 Å². The van der Waals surface area contributed by atoms with E-state index >= 15 is 0 Å². The van der Waals surface area contributed by atoms with E-state index in [1.807, 2.05) is 19.1 Å². The van der Waals surface area contributed by atoms with Crippen molar-refractivity contribution in [3.8, 4) is 0 Å². The predicted molar refractivity (Wildman–Crippen MR) is 65.5 cm³/mol. The molecule has 1 N–H and O–H groups in total. The van der Waals surface area contributed by atoms with E-state index in [1.54, 1.807) is 0 Å². The molecule has 1 atom stereocenters. The van der Waals surface area contributed by atoms with Gasteiger partial charge in [-0.25, -0.2) is 0 Å². The van der Waals surface area contributed by atoms with Crippen LogP contribution in [0.4, 0.5) is 5.82 Å². The first-order valence-corrected chi connectivity index (χ1v) is 6.03. The van der Waals surface area contributed by atoms with Gasteiger partial charge < -0.3 is 10.2 Å². The van der Waals surface area contributed by atoms with Gasteiger partial charge in [-0.05, 0) is 51.9 Å². The second kappa shape index (κ2) is 5.25. The van der Waals surface area contributed by atoms with E-state index in [-0.39, 0.29) is 0 Å². The van der Waals surface area contributed by atoms with Crippen molar-refractivity contribution < 1.29 is 0 Å². The Morgan fingerprint density at radius 3 is 2.69 bits per heavy atom. The molecule has 1 aliphatic rings. The van der Waals surface area contributed by atoms with E-state index in [0.29, 0.717) is 6.04 Å². The van der Waals surface area contributed by atoms with Crippen molar-refractivity contribution in [2.45, 2.75) is 32.7 Å². The predicted octanol–water partition coefficient (Wildman–Crippen LogP) is 1.68. The Morgan fingerprint density at radius 2 is 2.06 bits per heavy atom. The van der Waals surface area contributed by atoms with Gasteiger partial charge in [0, 0.05) is 12.6 Å². The third-order valence-corrected chi connectivity index (χ3v) is 2.92. The summed E-state index contributed by atoms with van der Waals surface area (Å²) in [6.07, 6.45) is 2.69. The number of likely N-dealkylation sites (tertiary alicyclic amines) is 1. The molecule has 16 heavy (non-hydrogen) atoms. The Morgan fingerprint density at radius 1 is 1.31 bits per heavy atom. The van der Waals surface area contributed by atoms with Gasteiger partial charge in [0.15, 0.2) is 0 Å². The molecule has 1 unspecified atom stereocenters. The van der Waals surface area contributed by atoms with Crippen LogP contribution in [0.15, 0.2) is 12.1 Å². The second-order valence-corrected chi connectivity index (χ2v) is 4.61. The summed E-state index contributed by atoms with van der Waals surface area (Å²) in [4.78, 5) is 2.50. The Labute approximate surface area is 97.1 Å². The lowest BCUT2D eigenvalue weighted by atomic mass is 10.3. The summed E-state index contributed by atoms with van der Waals surface area (Å²) < 4.78 is 0. The molecule has 0 amide bonds. The van der Waals surface area contributed by atoms with Crippen LogP contribution >= 0.6 is 0 Å². The fourth-order valence-electron chi connectivity index (χ4n) is 2.13. The normalized spacial score (nSPS) is 18.6. The Balaban J connectivity index is 1.81. The number of nitrogens with one attached hydrogen (secondary N) is 1. The molecule has 0 spiro atoms. The van der Waals surface area contributed by atoms with Gasteiger partial charge in [-0.3, -0.25) is 0 Å². The average molecular weight is 220 g/mol. The molecular formula is C12H20N4. The number of hydrogen-bond acceptors (Lipinski definition) is 4. The highest BCUT2D eigenvalue weighted by Crippen LogP contribution is 2.09. The number of anilines is 1. The van der Waals surface area contributed by atoms with E-state index in [9.17, 15) is 0 Å². The lowest BCUT2D eigenvalue weighted by Gasteiger charge is -2.21. The second-order valence-electron chi connectivity index (χ2n) is 4.61. The van der Waals surface area contributed by atoms with Gasteiger partial charge in [0.2, 0.25) is 0 Å². The van der Waals surface area contributed by atoms with Crippen LogP contribution in [0.2, 0.25) is 0 Å². The first-order valence-electron chi connectivity index (χ1n) is 6.03. The van der Waals surface area contributed by atoms with Gasteiger partial charge in [-0.2, -0.15) is 5.10 Å². The zero-order valence-electron chi connectivity index (χ0n) is 10.1. The van der Waals surface area contributed by atoms with E-state index < -0.39 is 0 Å². The van der Waals surface area contributed by atoms with Crippen LogP contribution < -0.4 is 5.32 Å². The first-order chi connectivity index (χ1) is 7.74. The maximum absolute atomic E-state index is 4.11. The van der Waals surface area contributed by atoms with E-state index in [2.05, 4.69) is 27.3 Å². The molecule has 0 bridgehead atoms. The third kappa shape index (κ3) is 3.17. The van der Waals surface area contributed by atoms with Crippen molar-refractivity contribution in [3.63, 3.8) is 0 Å². The lowest BCUT2D eigenvalue weighted by molar-refractivity contribution is 0.327. The average Bonchev–Trinajstić information content (AvgIpc) is 2.74. The van der Waals surface area contributed by atoms with Gasteiger partial charge in [0.1, 0.15) is 5.82 Å². The zero-order valence-corrected chi connectivity index (χ0v) is 10.1. The fourth-order valence-corrected chi connectivity index (χ4v) is 2.13.